The van der Waals surface area contributed by atoms with Crippen molar-refractivity contribution in [2.75, 3.05) is 26.8 Å². The Morgan fingerprint density at radius 2 is 2.06 bits per heavy atom. The molecule has 0 radical (unpaired) electrons. The zero-order valence-electron chi connectivity index (χ0n) is 11.3. The number of nitrogens with one attached hydrogen (secondary N) is 1. The fourth-order valence-corrected chi connectivity index (χ4v) is 1.76. The first-order chi connectivity index (χ1) is 8.58. The summed E-state index contributed by atoms with van der Waals surface area (Å²) in [4.78, 5) is 0. The van der Waals surface area contributed by atoms with Crippen molar-refractivity contribution in [3.8, 4) is 5.75 Å². The Kier molecular flexibility index (Phi) is 6.12. The normalized spacial score (nSPS) is 14.3. The number of rotatable bonds is 7. The van der Waals surface area contributed by atoms with Crippen molar-refractivity contribution in [3.05, 3.63) is 29.3 Å². The lowest BCUT2D eigenvalue weighted by molar-refractivity contribution is 0.164. The molecule has 0 aliphatic heterocycles. The first-order valence-corrected chi connectivity index (χ1v) is 6.22. The summed E-state index contributed by atoms with van der Waals surface area (Å²) in [7, 11) is 1.60. The van der Waals surface area contributed by atoms with Gasteiger partial charge < -0.3 is 20.3 Å². The van der Waals surface area contributed by atoms with Gasteiger partial charge in [-0.05, 0) is 31.5 Å². The average Bonchev–Trinajstić information content (AvgIpc) is 2.38. The molecule has 0 saturated carbocycles. The fourth-order valence-electron chi connectivity index (χ4n) is 1.76. The Hall–Kier alpha value is -1.10. The van der Waals surface area contributed by atoms with E-state index in [1.807, 2.05) is 32.0 Å². The molecule has 1 aromatic rings. The summed E-state index contributed by atoms with van der Waals surface area (Å²) in [6.07, 6.45) is -0.606. The number of ether oxygens (including phenoxy) is 1. The van der Waals surface area contributed by atoms with Crippen LogP contribution in [0, 0.1) is 12.8 Å². The maximum atomic E-state index is 10.1. The average molecular weight is 253 g/mol. The van der Waals surface area contributed by atoms with Gasteiger partial charge in [0.2, 0.25) is 0 Å². The second kappa shape index (κ2) is 7.36. The van der Waals surface area contributed by atoms with Gasteiger partial charge >= 0.3 is 0 Å². The van der Waals surface area contributed by atoms with Crippen molar-refractivity contribution < 1.29 is 14.9 Å². The van der Waals surface area contributed by atoms with Crippen molar-refractivity contribution in [1.82, 2.24) is 5.32 Å². The predicted octanol–water partition coefficient (Wildman–Crippen LogP) is 1.26. The van der Waals surface area contributed by atoms with Crippen molar-refractivity contribution >= 4 is 0 Å². The highest BCUT2D eigenvalue weighted by Crippen LogP contribution is 2.25. The maximum absolute atomic E-state index is 10.1. The highest BCUT2D eigenvalue weighted by atomic mass is 16.5. The SMILES string of the molecule is COc1ccc(C)cc1C(O)CNCC(C)CO. The topological polar surface area (TPSA) is 61.7 Å². The van der Waals surface area contributed by atoms with Crippen LogP contribution < -0.4 is 10.1 Å². The van der Waals surface area contributed by atoms with E-state index >= 15 is 0 Å². The maximum Gasteiger partial charge on any atom is 0.124 e. The second-order valence-electron chi connectivity index (χ2n) is 4.71. The first-order valence-electron chi connectivity index (χ1n) is 6.22. The Bertz CT molecular complexity index is 368. The van der Waals surface area contributed by atoms with Gasteiger partial charge in [-0.1, -0.05) is 18.6 Å². The van der Waals surface area contributed by atoms with Crippen LogP contribution in [0.5, 0.6) is 5.75 Å². The van der Waals surface area contributed by atoms with Crippen LogP contribution in [0.2, 0.25) is 0 Å². The van der Waals surface area contributed by atoms with E-state index in [0.29, 0.717) is 18.8 Å². The monoisotopic (exact) mass is 253 g/mol. The summed E-state index contributed by atoms with van der Waals surface area (Å²) in [5, 5.41) is 22.2. The van der Waals surface area contributed by atoms with Crippen LogP contribution in [-0.2, 0) is 0 Å². The summed E-state index contributed by atoms with van der Waals surface area (Å²) in [5.74, 6) is 0.890. The van der Waals surface area contributed by atoms with Crippen LogP contribution in [0.25, 0.3) is 0 Å². The van der Waals surface area contributed by atoms with Crippen LogP contribution in [0.3, 0.4) is 0 Å². The van der Waals surface area contributed by atoms with Gasteiger partial charge in [-0.15, -0.1) is 0 Å². The summed E-state index contributed by atoms with van der Waals surface area (Å²) in [6, 6.07) is 5.75. The number of hydrogen-bond acceptors (Lipinski definition) is 4. The molecule has 0 aliphatic rings. The van der Waals surface area contributed by atoms with Gasteiger partial charge in [-0.3, -0.25) is 0 Å². The minimum absolute atomic E-state index is 0.150. The van der Waals surface area contributed by atoms with Gasteiger partial charge in [0.25, 0.3) is 0 Å². The smallest absolute Gasteiger partial charge is 0.124 e. The standard InChI is InChI=1S/C14H23NO3/c1-10-4-5-14(18-3)12(6-10)13(17)8-15-7-11(2)9-16/h4-6,11,13,15-17H,7-9H2,1-3H3. The lowest BCUT2D eigenvalue weighted by Crippen LogP contribution is -2.27. The molecule has 4 heteroatoms. The molecule has 102 valence electrons. The van der Waals surface area contributed by atoms with Crippen LogP contribution in [0.4, 0.5) is 0 Å². The van der Waals surface area contributed by atoms with E-state index in [4.69, 9.17) is 9.84 Å². The molecule has 2 unspecified atom stereocenters. The van der Waals surface area contributed by atoms with E-state index in [1.54, 1.807) is 7.11 Å². The minimum Gasteiger partial charge on any atom is -0.496 e. The van der Waals surface area contributed by atoms with E-state index in [0.717, 1.165) is 11.1 Å². The molecule has 0 saturated heterocycles. The molecule has 0 aromatic heterocycles. The van der Waals surface area contributed by atoms with Crippen molar-refractivity contribution in [2.24, 2.45) is 5.92 Å². The number of methoxy groups -OCH3 is 1. The number of benzene rings is 1. The summed E-state index contributed by atoms with van der Waals surface area (Å²) >= 11 is 0. The second-order valence-corrected chi connectivity index (χ2v) is 4.71. The van der Waals surface area contributed by atoms with Crippen LogP contribution in [0.1, 0.15) is 24.2 Å². The van der Waals surface area contributed by atoms with Gasteiger partial charge in [0.05, 0.1) is 13.2 Å². The molecule has 3 N–H and O–H groups in total. The van der Waals surface area contributed by atoms with Crippen LogP contribution in [0.15, 0.2) is 18.2 Å². The third-order valence-corrected chi connectivity index (χ3v) is 2.89. The molecular weight excluding hydrogens is 230 g/mol. The number of hydrogen-bond donors (Lipinski definition) is 3. The van der Waals surface area contributed by atoms with Gasteiger partial charge in [-0.2, -0.15) is 0 Å². The molecule has 0 aliphatic carbocycles. The zero-order chi connectivity index (χ0) is 13.5. The molecule has 0 fully saturated rings. The minimum atomic E-state index is -0.606. The van der Waals surface area contributed by atoms with E-state index in [9.17, 15) is 5.11 Å². The molecule has 18 heavy (non-hydrogen) atoms. The van der Waals surface area contributed by atoms with E-state index in [1.165, 1.54) is 0 Å². The first kappa shape index (κ1) is 15.0. The van der Waals surface area contributed by atoms with Gasteiger partial charge in [0, 0.05) is 18.7 Å². The molecule has 0 spiro atoms. The predicted molar refractivity (Wildman–Crippen MR) is 71.8 cm³/mol. The van der Waals surface area contributed by atoms with Crippen molar-refractivity contribution in [3.63, 3.8) is 0 Å². The van der Waals surface area contributed by atoms with Crippen molar-refractivity contribution in [2.45, 2.75) is 20.0 Å². The number of aliphatic hydroxyl groups excluding tert-OH is 2. The van der Waals surface area contributed by atoms with Gasteiger partial charge in [0.15, 0.2) is 0 Å². The summed E-state index contributed by atoms with van der Waals surface area (Å²) in [5.41, 5.74) is 1.88. The molecule has 4 nitrogen and oxygen atoms in total. The highest BCUT2D eigenvalue weighted by Gasteiger charge is 2.13. The van der Waals surface area contributed by atoms with Crippen LogP contribution >= 0.6 is 0 Å². The Labute approximate surface area is 109 Å². The summed E-state index contributed by atoms with van der Waals surface area (Å²) < 4.78 is 5.24. The van der Waals surface area contributed by atoms with Crippen LogP contribution in [-0.4, -0.2) is 37.0 Å². The molecule has 2 atom stereocenters. The van der Waals surface area contributed by atoms with Gasteiger partial charge in [0.1, 0.15) is 5.75 Å². The lowest BCUT2D eigenvalue weighted by Gasteiger charge is -2.17. The lowest BCUT2D eigenvalue weighted by atomic mass is 10.0. The zero-order valence-corrected chi connectivity index (χ0v) is 11.3. The third-order valence-electron chi connectivity index (χ3n) is 2.89. The van der Waals surface area contributed by atoms with E-state index in [-0.39, 0.29) is 12.5 Å². The van der Waals surface area contributed by atoms with Gasteiger partial charge in [-0.25, -0.2) is 0 Å². The number of aryl methyl sites for hydroxylation is 1. The third kappa shape index (κ3) is 4.29. The summed E-state index contributed by atoms with van der Waals surface area (Å²) in [6.45, 7) is 5.21. The number of aliphatic hydroxyl groups is 2. The molecular formula is C14H23NO3. The van der Waals surface area contributed by atoms with E-state index in [2.05, 4.69) is 5.32 Å². The molecule has 0 bridgehead atoms. The molecule has 0 heterocycles. The molecule has 1 rings (SSSR count). The largest absolute Gasteiger partial charge is 0.496 e. The Morgan fingerprint density at radius 1 is 1.33 bits per heavy atom. The van der Waals surface area contributed by atoms with Crippen molar-refractivity contribution in [1.29, 1.82) is 0 Å². The fraction of sp³-hybridized carbons (Fsp3) is 0.571. The quantitative estimate of drug-likeness (QED) is 0.684. The Balaban J connectivity index is 2.60. The van der Waals surface area contributed by atoms with E-state index < -0.39 is 6.10 Å². The Morgan fingerprint density at radius 3 is 2.67 bits per heavy atom. The molecule has 0 amide bonds. The molecule has 1 aromatic carbocycles. The highest BCUT2D eigenvalue weighted by molar-refractivity contribution is 5.38.